The number of aliphatic hydroxyl groups is 2. The van der Waals surface area contributed by atoms with E-state index >= 15 is 0 Å². The Morgan fingerprint density at radius 3 is 0.955 bits per heavy atom. The molecule has 6 aromatic rings. The van der Waals surface area contributed by atoms with Gasteiger partial charge in [-0.25, -0.2) is 0 Å². The third-order valence-electron chi connectivity index (χ3n) is 32.5. The van der Waals surface area contributed by atoms with E-state index in [4.69, 9.17) is 121 Å². The lowest BCUT2D eigenvalue weighted by molar-refractivity contribution is -0.185. The highest BCUT2D eigenvalue weighted by atomic mass is 16.6. The van der Waals surface area contributed by atoms with Crippen LogP contribution in [0.2, 0.25) is 0 Å². The fraction of sp³-hybridized carbons (Fsp3) is 0.611. The minimum atomic E-state index is -3.27. The Morgan fingerprint density at radius 1 is 0.343 bits per heavy atom. The molecule has 6 aromatic carbocycles. The van der Waals surface area contributed by atoms with Gasteiger partial charge in [-0.2, -0.15) is 0 Å². The maximum atomic E-state index is 13.5. The number of likely N-dealkylation sites (tertiary alicyclic amines) is 6. The molecule has 0 radical (unpaired) electrons. The first-order valence-corrected chi connectivity index (χ1v) is 44.2. The number of ether oxygens (including phenoxy) is 12. The van der Waals surface area contributed by atoms with Crippen LogP contribution in [-0.2, 0) is 99.6 Å². The molecule has 12 heterocycles. The SMILES string of the molecule is [2H]C([2H])([2H])Oc1ccc2c3c1OC1C(=O)C([2H])([2H])C[C@@]4(O)[C@@H](C2)N(C)CC[C@]314.[2H]C1([2H])C[C@@]2(O)[C@H]3Cc4ccc(OC)c5c4[C@@]2(CCN3C)C(O5)C1=O.[2H]c1c([2H])c2c3c(c1OC([2H])([2H])[2H])OC1([2H])C(=O)C([2H])([2H])C[C@]4([2H])[C@@]31CCN(C([2H])([2H])[2H])[C@]4([2H])C2([2H])[2H].[2H]c1c([2H])c2c3c(c1OC([2H])([2H])[2H])OC1([2H])C(=O)C([2H])([2H])C[C@]4([2H])[C@@]31CCN(C)[C@]4([2H])C2([2H])[2H].[2H]c1c([2H])c2c3c(c1OC)OC1([2H])C(=O)C([2H])([2H])C[C@]4([2H])[C@@]31CCN(C([2H])([2H])[2H])[C@]4([2H])C2([2H])[2H].[2H]c1c([2H])c2c3c(c1OC)OC1([2H])C(=O)C([2H])([2H])C[C@]4([2H])[C@@]31CCN(C)[C@]4([2H])C2([2H])[2H]. The number of likely N-dealkylation sites (N-methyl/N-ethyl adjacent to an activating group) is 6. The van der Waals surface area contributed by atoms with E-state index in [-0.39, 0.29) is 102 Å². The molecule has 24 atom stereocenters. The number of Topliss-reactive ketones (excluding diaryl/α,β-unsaturated/α-hetero) is 6. The normalized spacial score (nSPS) is 56.0. The first-order chi connectivity index (χ1) is 85.8. The molecule has 0 aromatic heterocycles. The monoisotopic (exact) mass is 1880 g/mol. The largest absolute Gasteiger partial charge is 0.493 e. The molecule has 12 aliphatic carbocycles. The van der Waals surface area contributed by atoms with Crippen molar-refractivity contribution in [3.63, 3.8) is 0 Å². The van der Waals surface area contributed by atoms with Crippen LogP contribution < -0.4 is 56.8 Å². The zero-order valence-electron chi connectivity index (χ0n) is 128. The predicted molar refractivity (Wildman–Crippen MR) is 492 cm³/mol. The van der Waals surface area contributed by atoms with Crippen LogP contribution in [0.1, 0.15) is 257 Å². The van der Waals surface area contributed by atoms with Gasteiger partial charge in [-0.05, 0) is 290 Å². The predicted octanol–water partition coefficient (Wildman–Crippen LogP) is 9.83. The van der Waals surface area contributed by atoms with Crippen molar-refractivity contribution < 1.29 is 171 Å². The van der Waals surface area contributed by atoms with Crippen molar-refractivity contribution in [1.29, 1.82) is 0 Å². The number of piperidine rings is 6. The molecule has 12 bridgehead atoms. The number of nitrogens with zero attached hydrogens (tertiary/aromatic N) is 6. The van der Waals surface area contributed by atoms with Crippen molar-refractivity contribution in [2.45, 2.75) is 270 Å². The third kappa shape index (κ3) is 10.8. The van der Waals surface area contributed by atoms with E-state index in [1.807, 2.05) is 31.1 Å². The van der Waals surface area contributed by atoms with Crippen molar-refractivity contribution in [3.05, 3.63) is 139 Å². The van der Waals surface area contributed by atoms with Gasteiger partial charge in [-0.15, -0.1) is 0 Å². The molecule has 12 aliphatic heterocycles. The Morgan fingerprint density at radius 2 is 0.634 bits per heavy atom. The van der Waals surface area contributed by atoms with E-state index in [9.17, 15) is 49.9 Å². The summed E-state index contributed by atoms with van der Waals surface area (Å²) < 4.78 is 531. The fourth-order valence-electron chi connectivity index (χ4n) is 26.6. The van der Waals surface area contributed by atoms with Gasteiger partial charge in [0.1, 0.15) is 0 Å². The molecule has 6 unspecified atom stereocenters. The summed E-state index contributed by atoms with van der Waals surface area (Å²) in [5.74, 6) is -20.3. The summed E-state index contributed by atoms with van der Waals surface area (Å²) in [6, 6.07) is -10.9. The fourth-order valence-corrected chi connectivity index (χ4v) is 26.6. The summed E-state index contributed by atoms with van der Waals surface area (Å²) in [6.07, 6.45) is -45.1. The minimum absolute atomic E-state index is 0.00406. The molecule has 12 fully saturated rings. The molecular formula is C108H126N6O20. The number of hydrogen-bond acceptors (Lipinski definition) is 26. The lowest BCUT2D eigenvalue weighted by Gasteiger charge is -2.62. The minimum Gasteiger partial charge on any atom is -0.493 e. The van der Waals surface area contributed by atoms with E-state index in [1.165, 1.54) is 37.1 Å². The third-order valence-corrected chi connectivity index (χ3v) is 32.5. The van der Waals surface area contributed by atoms with Gasteiger partial charge in [-0.3, -0.25) is 28.8 Å². The molecule has 708 valence electrons. The van der Waals surface area contributed by atoms with E-state index < -0.39 is 412 Å². The van der Waals surface area contributed by atoms with E-state index in [2.05, 4.69) is 4.90 Å². The Bertz CT molecular complexity index is 8970. The van der Waals surface area contributed by atoms with Gasteiger partial charge in [0, 0.05) is 176 Å². The number of rotatable bonds is 6. The van der Waals surface area contributed by atoms with Crippen LogP contribution >= 0.6 is 0 Å². The van der Waals surface area contributed by atoms with Crippen LogP contribution in [-0.4, -0.2) is 282 Å². The number of methoxy groups -OCH3 is 6. The number of ketones is 6. The first-order valence-electron chi connectivity index (χ1n) is 71.7. The van der Waals surface area contributed by atoms with Gasteiger partial charge in [0.15, 0.2) is 140 Å². The standard InChI is InChI=1S/2C18H21NO4.4C18H21NO3/c2*1-19-8-7-17-14-10-3-4-12(22-2)15(14)23-16(17)11(20)5-6-18(17,21)13(19)9-10;4*1-19-8-7-18-11-4-5-13(20)17(18)22-16-14(21-2)6-3-10(15(16)18)9-12(11)19/h2*3-4,13,16,21H,5-9H2,1-2H3;4*3,6,11-12,17H,4-5,7-9H2,1-2H3/t2*13-,16?,17+,18-;4*11-,12+,17?,18-/m110000/s1/i2D3,5D2;5D2;1D3,2D3,3D,5D2,6D,9D2,11D,12D,17D;2D3,3D,5D2,6D,9D2,11D,12D,17D;1D3,3D,5D2,6D,9D2,11D,12D,17D;3D,5D2,6D,9D2,11D,12D,17D. The van der Waals surface area contributed by atoms with E-state index in [0.29, 0.717) is 59.1 Å². The summed E-state index contributed by atoms with van der Waals surface area (Å²) in [4.78, 5) is 86.9. The van der Waals surface area contributed by atoms with Crippen molar-refractivity contribution in [2.24, 2.45) is 23.6 Å². The molecule has 6 spiro atoms. The molecule has 134 heavy (non-hydrogen) atoms. The van der Waals surface area contributed by atoms with Crippen molar-refractivity contribution in [3.8, 4) is 69.0 Å². The van der Waals surface area contributed by atoms with Crippen LogP contribution in [0.5, 0.6) is 69.0 Å². The zero-order valence-corrected chi connectivity index (χ0v) is 73.2. The van der Waals surface area contributed by atoms with Crippen molar-refractivity contribution in [2.75, 3.05) is 124 Å². The smallest absolute Gasteiger partial charge is 0.174 e. The Labute approximate surface area is 860 Å². The van der Waals surface area contributed by atoms with Crippen molar-refractivity contribution in [1.82, 2.24) is 29.4 Å². The topological polar surface area (TPSA) is 273 Å². The van der Waals surface area contributed by atoms with Crippen molar-refractivity contribution >= 4 is 34.7 Å². The van der Waals surface area contributed by atoms with Crippen LogP contribution in [0.4, 0.5) is 0 Å². The lowest BCUT2D eigenvalue weighted by Crippen LogP contribution is -2.76. The average molecular weight is 1880 g/mol. The second kappa shape index (κ2) is 30.1. The maximum Gasteiger partial charge on any atom is 0.174 e. The summed E-state index contributed by atoms with van der Waals surface area (Å²) in [5.41, 5.74) is -13.4. The van der Waals surface area contributed by atoms with Gasteiger partial charge in [0.2, 0.25) is 0 Å². The average Bonchev–Trinajstić information content (AvgIpc) is 1.47. The first kappa shape index (κ1) is 45.9. The number of benzene rings is 6. The van der Waals surface area contributed by atoms with Crippen LogP contribution in [0.3, 0.4) is 0 Å². The Hall–Kier alpha value is -9.38. The van der Waals surface area contributed by atoms with Crippen LogP contribution in [0.15, 0.2) is 72.6 Å². The molecule has 6 saturated heterocycles. The molecule has 24 aliphatic rings. The van der Waals surface area contributed by atoms with Gasteiger partial charge < -0.3 is 96.5 Å². The number of carbonyl (C=O) groups excluding carboxylic acids is 6. The van der Waals surface area contributed by atoms with Crippen LogP contribution in [0.25, 0.3) is 0 Å². The highest BCUT2D eigenvalue weighted by molar-refractivity contribution is 5.94. The highest BCUT2D eigenvalue weighted by Gasteiger charge is 2.77. The van der Waals surface area contributed by atoms with Gasteiger partial charge in [0.05, 0.1) is 93.3 Å². The van der Waals surface area contributed by atoms with E-state index in [1.54, 1.807) is 13.2 Å². The zero-order chi connectivity index (χ0) is 141. The molecule has 2 N–H and O–H groups in total. The van der Waals surface area contributed by atoms with Gasteiger partial charge in [-0.1, -0.05) is 36.3 Å². The molecule has 26 nitrogen and oxygen atoms in total. The Balaban J connectivity index is 0.000000111. The molecule has 6 saturated carbocycles. The van der Waals surface area contributed by atoms with Gasteiger partial charge >= 0.3 is 0 Å². The second-order valence-electron chi connectivity index (χ2n) is 37.6. The molecule has 26 heteroatoms. The maximum absolute atomic E-state index is 13.5. The number of carbonyl (C=O) groups is 6. The van der Waals surface area contributed by atoms with E-state index in [0.717, 1.165) is 30.3 Å². The Kier molecular flexibility index (Phi) is 10.3. The lowest BCUT2D eigenvalue weighted by atomic mass is 9.49. The quantitative estimate of drug-likeness (QED) is 0.157. The summed E-state index contributed by atoms with van der Waals surface area (Å²) in [5, 5.41) is 23.7. The van der Waals surface area contributed by atoms with Gasteiger partial charge in [0.25, 0.3) is 0 Å². The molecule has 0 amide bonds. The summed E-state index contributed by atoms with van der Waals surface area (Å²) in [6.45, 7) is -6.08. The summed E-state index contributed by atoms with van der Waals surface area (Å²) in [7, 11) is 1.55. The summed E-state index contributed by atoms with van der Waals surface area (Å²) >= 11 is 0. The molecular weight excluding hydrogens is 1700 g/mol. The second-order valence-corrected chi connectivity index (χ2v) is 37.6. The number of hydrogen-bond donors (Lipinski definition) is 2. The molecule has 30 rings (SSSR count). The highest BCUT2D eigenvalue weighted by Crippen LogP contribution is 2.72. The van der Waals surface area contributed by atoms with Crippen LogP contribution in [0, 0.1) is 23.6 Å².